The van der Waals surface area contributed by atoms with Crippen LogP contribution in [0.2, 0.25) is 5.02 Å². The Morgan fingerprint density at radius 1 is 1.07 bits per heavy atom. The molecule has 0 bridgehead atoms. The Bertz CT molecular complexity index is 1000. The number of hydrogen-bond acceptors (Lipinski definition) is 5. The summed E-state index contributed by atoms with van der Waals surface area (Å²) < 4.78 is 11.2. The van der Waals surface area contributed by atoms with Crippen molar-refractivity contribution in [2.24, 2.45) is 5.10 Å². The molecule has 3 aromatic carbocycles. The zero-order valence-electron chi connectivity index (χ0n) is 15.8. The summed E-state index contributed by atoms with van der Waals surface area (Å²) in [6.45, 7) is 0.388. The lowest BCUT2D eigenvalue weighted by Crippen LogP contribution is -2.17. The van der Waals surface area contributed by atoms with Crippen LogP contribution in [0.3, 0.4) is 0 Å². The van der Waals surface area contributed by atoms with E-state index in [1.165, 1.54) is 6.21 Å². The van der Waals surface area contributed by atoms with Crippen LogP contribution >= 0.6 is 11.6 Å². The van der Waals surface area contributed by atoms with Crippen LogP contribution in [0.1, 0.15) is 21.5 Å². The second-order valence-electron chi connectivity index (χ2n) is 6.15. The van der Waals surface area contributed by atoms with E-state index in [-0.39, 0.29) is 5.91 Å². The molecule has 29 heavy (non-hydrogen) atoms. The first-order chi connectivity index (χ1) is 14.0. The molecule has 3 N–H and O–H groups in total. The van der Waals surface area contributed by atoms with Crippen LogP contribution in [0.4, 0.5) is 5.69 Å². The Labute approximate surface area is 173 Å². The van der Waals surface area contributed by atoms with Crippen LogP contribution in [0, 0.1) is 0 Å². The fraction of sp³-hybridized carbons (Fsp3) is 0.0909. The minimum Gasteiger partial charge on any atom is -0.493 e. The van der Waals surface area contributed by atoms with Crippen molar-refractivity contribution in [1.29, 1.82) is 0 Å². The van der Waals surface area contributed by atoms with Gasteiger partial charge in [-0.05, 0) is 65.7 Å². The summed E-state index contributed by atoms with van der Waals surface area (Å²) in [7, 11) is 1.56. The fourth-order valence-electron chi connectivity index (χ4n) is 2.49. The summed E-state index contributed by atoms with van der Waals surface area (Å²) in [5.41, 5.74) is 10.9. The lowest BCUT2D eigenvalue weighted by Gasteiger charge is -2.11. The molecule has 3 rings (SSSR count). The molecule has 0 heterocycles. The number of amides is 1. The quantitative estimate of drug-likeness (QED) is 0.346. The van der Waals surface area contributed by atoms with Gasteiger partial charge in [-0.2, -0.15) is 5.10 Å². The normalized spacial score (nSPS) is 10.7. The third-order valence-electron chi connectivity index (χ3n) is 4.05. The van der Waals surface area contributed by atoms with Crippen molar-refractivity contribution in [1.82, 2.24) is 5.43 Å². The van der Waals surface area contributed by atoms with Gasteiger partial charge in [0.25, 0.3) is 5.91 Å². The molecule has 0 saturated carbocycles. The number of carbonyl (C=O) groups excluding carboxylic acids is 1. The molecule has 0 aliphatic heterocycles. The Balaban J connectivity index is 1.61. The van der Waals surface area contributed by atoms with E-state index >= 15 is 0 Å². The van der Waals surface area contributed by atoms with Gasteiger partial charge in [0.05, 0.1) is 13.3 Å². The zero-order chi connectivity index (χ0) is 20.6. The summed E-state index contributed by atoms with van der Waals surface area (Å²) in [6, 6.07) is 19.4. The van der Waals surface area contributed by atoms with Crippen LogP contribution in [0.15, 0.2) is 71.8 Å². The molecule has 148 valence electrons. The van der Waals surface area contributed by atoms with Gasteiger partial charge in [0.2, 0.25) is 0 Å². The molecule has 3 aromatic rings. The predicted octanol–water partition coefficient (Wildman–Crippen LogP) is 4.27. The van der Waals surface area contributed by atoms with Gasteiger partial charge < -0.3 is 15.2 Å². The largest absolute Gasteiger partial charge is 0.493 e. The number of benzene rings is 3. The molecule has 0 aromatic heterocycles. The Hall–Kier alpha value is -3.51. The van der Waals surface area contributed by atoms with Crippen molar-refractivity contribution in [2.75, 3.05) is 12.8 Å². The zero-order valence-corrected chi connectivity index (χ0v) is 16.5. The molecule has 0 aliphatic carbocycles. The average Bonchev–Trinajstić information content (AvgIpc) is 2.74. The van der Waals surface area contributed by atoms with E-state index in [0.717, 1.165) is 11.1 Å². The molecule has 7 heteroatoms. The molecule has 0 unspecified atom stereocenters. The van der Waals surface area contributed by atoms with Gasteiger partial charge in [-0.15, -0.1) is 0 Å². The minimum atomic E-state index is -0.323. The molecule has 6 nitrogen and oxygen atoms in total. The smallest absolute Gasteiger partial charge is 0.271 e. The number of ether oxygens (including phenoxy) is 2. The number of hydrazone groups is 1. The standard InChI is InChI=1S/C22H20ClN3O3/c1-28-21-12-16(13-25-26-22(27)17-5-9-19(24)10-6-17)4-11-20(21)29-14-15-2-7-18(23)8-3-15/h2-13H,14,24H2,1H3,(H,26,27)/b25-13-. The van der Waals surface area contributed by atoms with E-state index in [4.69, 9.17) is 26.8 Å². The van der Waals surface area contributed by atoms with Gasteiger partial charge in [-0.25, -0.2) is 5.43 Å². The summed E-state index contributed by atoms with van der Waals surface area (Å²) in [5, 5.41) is 4.66. The van der Waals surface area contributed by atoms with Crippen molar-refractivity contribution < 1.29 is 14.3 Å². The van der Waals surface area contributed by atoms with E-state index in [1.807, 2.05) is 30.3 Å². The van der Waals surface area contributed by atoms with Crippen molar-refractivity contribution in [3.05, 3.63) is 88.4 Å². The van der Waals surface area contributed by atoms with Crippen LogP contribution < -0.4 is 20.6 Å². The molecule has 0 aliphatic rings. The van der Waals surface area contributed by atoms with E-state index < -0.39 is 0 Å². The SMILES string of the molecule is COc1cc(/C=N\NC(=O)c2ccc(N)cc2)ccc1OCc1ccc(Cl)cc1. The number of rotatable bonds is 7. The lowest BCUT2D eigenvalue weighted by molar-refractivity contribution is 0.0955. The molecule has 1 amide bonds. The van der Waals surface area contributed by atoms with Crippen LogP contribution in [-0.2, 0) is 6.61 Å². The maximum atomic E-state index is 12.0. The third-order valence-corrected chi connectivity index (χ3v) is 4.30. The van der Waals surface area contributed by atoms with Crippen LogP contribution in [0.5, 0.6) is 11.5 Å². The number of nitrogens with one attached hydrogen (secondary N) is 1. The monoisotopic (exact) mass is 409 g/mol. The number of hydrogen-bond donors (Lipinski definition) is 2. The highest BCUT2D eigenvalue weighted by molar-refractivity contribution is 6.30. The number of halogens is 1. The fourth-order valence-corrected chi connectivity index (χ4v) is 2.62. The third kappa shape index (κ3) is 5.73. The molecule has 0 fully saturated rings. The first-order valence-electron chi connectivity index (χ1n) is 8.79. The average molecular weight is 410 g/mol. The minimum absolute atomic E-state index is 0.323. The summed E-state index contributed by atoms with van der Waals surface area (Å²) in [5.74, 6) is 0.842. The van der Waals surface area contributed by atoms with Crippen molar-refractivity contribution >= 4 is 29.4 Å². The number of carbonyl (C=O) groups is 1. The van der Waals surface area contributed by atoms with Crippen molar-refractivity contribution in [3.8, 4) is 11.5 Å². The molecule has 0 radical (unpaired) electrons. The topological polar surface area (TPSA) is 85.9 Å². The Kier molecular flexibility index (Phi) is 6.71. The van der Waals surface area contributed by atoms with Gasteiger partial charge in [0, 0.05) is 16.3 Å². The second-order valence-corrected chi connectivity index (χ2v) is 6.58. The second kappa shape index (κ2) is 9.61. The summed E-state index contributed by atoms with van der Waals surface area (Å²) in [4.78, 5) is 12.0. The molecular formula is C22H20ClN3O3. The van der Waals surface area contributed by atoms with Crippen LogP contribution in [0.25, 0.3) is 0 Å². The molecule has 0 saturated heterocycles. The van der Waals surface area contributed by atoms with Gasteiger partial charge in [-0.3, -0.25) is 4.79 Å². The van der Waals surface area contributed by atoms with E-state index in [9.17, 15) is 4.79 Å². The number of anilines is 1. The molecule has 0 spiro atoms. The van der Waals surface area contributed by atoms with Gasteiger partial charge in [-0.1, -0.05) is 23.7 Å². The lowest BCUT2D eigenvalue weighted by atomic mass is 10.2. The number of nitrogen functional groups attached to an aromatic ring is 1. The van der Waals surface area contributed by atoms with Crippen molar-refractivity contribution in [3.63, 3.8) is 0 Å². The first-order valence-corrected chi connectivity index (χ1v) is 9.17. The van der Waals surface area contributed by atoms with Crippen LogP contribution in [-0.4, -0.2) is 19.2 Å². The maximum absolute atomic E-state index is 12.0. The number of nitrogens with two attached hydrogens (primary N) is 1. The van der Waals surface area contributed by atoms with Crippen molar-refractivity contribution in [2.45, 2.75) is 6.61 Å². The summed E-state index contributed by atoms with van der Waals surface area (Å²) in [6.07, 6.45) is 1.53. The van der Waals surface area contributed by atoms with Gasteiger partial charge in [0.15, 0.2) is 11.5 Å². The molecule has 0 atom stereocenters. The number of nitrogens with zero attached hydrogens (tertiary/aromatic N) is 1. The van der Waals surface area contributed by atoms with E-state index in [2.05, 4.69) is 10.5 Å². The highest BCUT2D eigenvalue weighted by atomic mass is 35.5. The number of methoxy groups -OCH3 is 1. The Morgan fingerprint density at radius 3 is 2.48 bits per heavy atom. The summed E-state index contributed by atoms with van der Waals surface area (Å²) >= 11 is 5.89. The first kappa shape index (κ1) is 20.2. The van der Waals surface area contributed by atoms with Gasteiger partial charge >= 0.3 is 0 Å². The Morgan fingerprint density at radius 2 is 1.79 bits per heavy atom. The van der Waals surface area contributed by atoms with Gasteiger partial charge in [0.1, 0.15) is 6.61 Å². The molecular weight excluding hydrogens is 390 g/mol. The van der Waals surface area contributed by atoms with E-state index in [1.54, 1.807) is 43.5 Å². The highest BCUT2D eigenvalue weighted by Gasteiger charge is 2.07. The maximum Gasteiger partial charge on any atom is 0.271 e. The predicted molar refractivity (Wildman–Crippen MR) is 115 cm³/mol. The van der Waals surface area contributed by atoms with E-state index in [0.29, 0.717) is 34.4 Å². The highest BCUT2D eigenvalue weighted by Crippen LogP contribution is 2.28.